The summed E-state index contributed by atoms with van der Waals surface area (Å²) in [5, 5.41) is 4.89. The van der Waals surface area contributed by atoms with Gasteiger partial charge in [-0.3, -0.25) is 0 Å². The fourth-order valence-electron chi connectivity index (χ4n) is 8.79. The first-order valence-corrected chi connectivity index (χ1v) is 20.1. The van der Waals surface area contributed by atoms with Gasteiger partial charge in [-0.05, 0) is 84.2 Å². The van der Waals surface area contributed by atoms with Gasteiger partial charge in [0.1, 0.15) is 30.5 Å². The molecular weight excluding hydrogens is 713 g/mol. The molecule has 8 nitrogen and oxygen atoms in total. The van der Waals surface area contributed by atoms with Gasteiger partial charge in [-0.2, -0.15) is 0 Å². The van der Waals surface area contributed by atoms with Crippen LogP contribution in [0.3, 0.4) is 0 Å². The third-order valence-corrected chi connectivity index (χ3v) is 11.5. The van der Waals surface area contributed by atoms with Crippen LogP contribution < -0.4 is 24.4 Å². The van der Waals surface area contributed by atoms with Crippen LogP contribution in [0.15, 0.2) is 109 Å². The first kappa shape index (κ1) is 38.2. The monoisotopic (exact) mass is 764 g/mol. The van der Waals surface area contributed by atoms with Crippen molar-refractivity contribution in [3.05, 3.63) is 137 Å². The van der Waals surface area contributed by atoms with Gasteiger partial charge in [0.15, 0.2) is 5.60 Å². The van der Waals surface area contributed by atoms with Crippen LogP contribution in [0.1, 0.15) is 67.9 Å². The molecule has 2 heterocycles. The molecule has 1 aliphatic carbocycles. The molecule has 0 aromatic heterocycles. The Morgan fingerprint density at radius 3 is 2.37 bits per heavy atom. The van der Waals surface area contributed by atoms with Gasteiger partial charge in [0.25, 0.3) is 0 Å². The number of rotatable bonds is 13. The van der Waals surface area contributed by atoms with Gasteiger partial charge in [-0.1, -0.05) is 98.8 Å². The van der Waals surface area contributed by atoms with Crippen molar-refractivity contribution < 1.29 is 28.5 Å². The second-order valence-corrected chi connectivity index (χ2v) is 15.8. The highest BCUT2D eigenvalue weighted by Gasteiger charge is 2.44. The summed E-state index contributed by atoms with van der Waals surface area (Å²) in [6, 6.07) is 31.8. The molecule has 1 N–H and O–H groups in total. The molecule has 1 amide bonds. The van der Waals surface area contributed by atoms with E-state index < -0.39 is 11.7 Å². The number of hydrogen-bond acceptors (Lipinski definition) is 7. The topological polar surface area (TPSA) is 78.5 Å². The van der Waals surface area contributed by atoms with Crippen molar-refractivity contribution in [1.82, 2.24) is 5.32 Å². The number of hydrogen-bond donors (Lipinski definition) is 1. The van der Waals surface area contributed by atoms with Crippen molar-refractivity contribution in [3.8, 4) is 28.4 Å². The largest absolute Gasteiger partial charge is 0.495 e. The number of carbonyl (C=O) groups is 1. The molecule has 0 spiro atoms. The lowest BCUT2D eigenvalue weighted by molar-refractivity contribution is 0.117. The molecule has 294 valence electrons. The molecule has 0 bridgehead atoms. The molecule has 2 aliphatic heterocycles. The number of anilines is 1. The predicted octanol–water partition coefficient (Wildman–Crippen LogP) is 10.2. The Labute approximate surface area is 336 Å². The summed E-state index contributed by atoms with van der Waals surface area (Å²) < 4.78 is 30.4. The van der Waals surface area contributed by atoms with E-state index in [9.17, 15) is 4.79 Å². The van der Waals surface area contributed by atoms with Crippen molar-refractivity contribution in [2.45, 2.75) is 51.0 Å². The van der Waals surface area contributed by atoms with Crippen LogP contribution in [0, 0.1) is 0 Å². The van der Waals surface area contributed by atoms with Crippen LogP contribution in [0.25, 0.3) is 28.0 Å². The maximum Gasteiger partial charge on any atom is 0.407 e. The molecular formula is C49H52N2O6. The number of ether oxygens (including phenoxy) is 5. The Kier molecular flexibility index (Phi) is 10.7. The second-order valence-electron chi connectivity index (χ2n) is 15.8. The summed E-state index contributed by atoms with van der Waals surface area (Å²) in [5.74, 6) is 2.37. The highest BCUT2D eigenvalue weighted by Crippen LogP contribution is 2.59. The molecule has 3 aliphatic rings. The molecule has 5 aromatic carbocycles. The van der Waals surface area contributed by atoms with Gasteiger partial charge < -0.3 is 33.9 Å². The Balaban J connectivity index is 1.14. The molecule has 57 heavy (non-hydrogen) atoms. The smallest absolute Gasteiger partial charge is 0.407 e. The fourth-order valence-corrected chi connectivity index (χ4v) is 8.79. The summed E-state index contributed by atoms with van der Waals surface area (Å²) in [4.78, 5) is 14.6. The average Bonchev–Trinajstić information content (AvgIpc) is 3.48. The summed E-state index contributed by atoms with van der Waals surface area (Å²) in [6.07, 6.45) is 7.59. The van der Waals surface area contributed by atoms with Crippen LogP contribution >= 0.6 is 0 Å². The number of benzene rings is 5. The van der Waals surface area contributed by atoms with Crippen molar-refractivity contribution >= 4 is 28.6 Å². The molecule has 1 atom stereocenters. The summed E-state index contributed by atoms with van der Waals surface area (Å²) >= 11 is 0. The van der Waals surface area contributed by atoms with Gasteiger partial charge in [0, 0.05) is 47.1 Å². The minimum absolute atomic E-state index is 0.108. The number of carbonyl (C=O) groups excluding carboxylic acids is 1. The molecule has 5 aromatic rings. The third kappa shape index (κ3) is 7.23. The quantitative estimate of drug-likeness (QED) is 0.0945. The molecule has 8 rings (SSSR count). The Bertz CT molecular complexity index is 2310. The maximum absolute atomic E-state index is 12.1. The highest BCUT2D eigenvalue weighted by atomic mass is 16.6. The number of nitrogens with one attached hydrogen (secondary N) is 1. The number of amides is 1. The molecule has 1 saturated heterocycles. The Hall–Kier alpha value is -5.73. The van der Waals surface area contributed by atoms with Crippen LogP contribution in [0.4, 0.5) is 10.5 Å². The number of alkyl carbamates (subject to hydrolysis) is 1. The standard InChI is InChI=1S/C49H52N2O6/c1-33(2)32-54-27-24-50-47(52)56-29-28-55-36-20-18-35(19-21-36)49(34-14-8-6-9-15-34)23-22-38-45-44(37-16-10-11-17-41(37)48(45,3)4)39-30-42(51-25-12-7-13-26-51)43(53-5)31-40(39)46(38)57-49/h6,8-11,14-23,30-31H,1,7,12-13,24-29,32H2,2-5H3,(H,50,52). The lowest BCUT2D eigenvalue weighted by Gasteiger charge is -2.39. The van der Waals surface area contributed by atoms with E-state index in [1.54, 1.807) is 7.11 Å². The van der Waals surface area contributed by atoms with Crippen molar-refractivity contribution in [3.63, 3.8) is 0 Å². The van der Waals surface area contributed by atoms with E-state index in [1.165, 1.54) is 46.9 Å². The van der Waals surface area contributed by atoms with E-state index in [-0.39, 0.29) is 18.6 Å². The van der Waals surface area contributed by atoms with E-state index in [0.29, 0.717) is 25.5 Å². The lowest BCUT2D eigenvalue weighted by atomic mass is 9.76. The number of piperidine rings is 1. The van der Waals surface area contributed by atoms with Crippen molar-refractivity contribution in [2.75, 3.05) is 58.1 Å². The van der Waals surface area contributed by atoms with Crippen molar-refractivity contribution in [2.24, 2.45) is 0 Å². The van der Waals surface area contributed by atoms with Gasteiger partial charge in [-0.15, -0.1) is 0 Å². The van der Waals surface area contributed by atoms with Crippen LogP contribution in [-0.4, -0.2) is 59.3 Å². The lowest BCUT2D eigenvalue weighted by Crippen LogP contribution is -2.35. The minimum Gasteiger partial charge on any atom is -0.495 e. The van der Waals surface area contributed by atoms with Gasteiger partial charge >= 0.3 is 6.09 Å². The Morgan fingerprint density at radius 1 is 0.877 bits per heavy atom. The summed E-state index contributed by atoms with van der Waals surface area (Å²) in [6.45, 7) is 13.9. The minimum atomic E-state index is -0.933. The molecule has 1 unspecified atom stereocenters. The Morgan fingerprint density at radius 2 is 1.61 bits per heavy atom. The number of fused-ring (bicyclic) bond motifs is 8. The van der Waals surface area contributed by atoms with Crippen molar-refractivity contribution in [1.29, 1.82) is 0 Å². The molecule has 0 radical (unpaired) electrons. The maximum atomic E-state index is 12.1. The molecule has 1 fully saturated rings. The predicted molar refractivity (Wildman–Crippen MR) is 228 cm³/mol. The molecule has 0 saturated carbocycles. The first-order chi connectivity index (χ1) is 27.7. The summed E-state index contributed by atoms with van der Waals surface area (Å²) in [5.41, 5.74) is 9.12. The van der Waals surface area contributed by atoms with Gasteiger partial charge in [0.2, 0.25) is 0 Å². The third-order valence-electron chi connectivity index (χ3n) is 11.5. The van der Waals surface area contributed by atoms with Crippen LogP contribution in [0.2, 0.25) is 0 Å². The summed E-state index contributed by atoms with van der Waals surface area (Å²) in [7, 11) is 1.77. The van der Waals surface area contributed by atoms with Gasteiger partial charge in [-0.25, -0.2) is 4.79 Å². The average molecular weight is 765 g/mol. The highest BCUT2D eigenvalue weighted by molar-refractivity contribution is 6.10. The normalized spacial score (nSPS) is 17.6. The fraction of sp³-hybridized carbons (Fsp3) is 0.327. The van der Waals surface area contributed by atoms with Crippen LogP contribution in [0.5, 0.6) is 17.2 Å². The van der Waals surface area contributed by atoms with Crippen LogP contribution in [-0.2, 0) is 20.5 Å². The zero-order valence-corrected chi connectivity index (χ0v) is 33.5. The van der Waals surface area contributed by atoms with Gasteiger partial charge in [0.05, 0.1) is 26.0 Å². The SMILES string of the molecule is C=C(C)COCCNC(=O)OCCOc1ccc(C2(c3ccccc3)C=Cc3c4c(c5cc(N6CCCCC6)c(OC)cc5c3O2)-c2ccccc2C4(C)C)cc1. The first-order valence-electron chi connectivity index (χ1n) is 20.1. The van der Waals surface area contributed by atoms with E-state index >= 15 is 0 Å². The number of nitrogens with zero attached hydrogens (tertiary/aromatic N) is 1. The van der Waals surface area contributed by atoms with E-state index in [2.05, 4.69) is 116 Å². The second kappa shape index (κ2) is 16.0. The zero-order valence-electron chi connectivity index (χ0n) is 33.5. The number of methoxy groups -OCH3 is 1. The molecule has 8 heteroatoms. The van der Waals surface area contributed by atoms with E-state index in [4.69, 9.17) is 23.7 Å². The van der Waals surface area contributed by atoms with E-state index in [1.807, 2.05) is 25.1 Å². The zero-order chi connectivity index (χ0) is 39.6. The van der Waals surface area contributed by atoms with E-state index in [0.717, 1.165) is 57.9 Å².